The fraction of sp³-hybridized carbons (Fsp3) is 0.333. The maximum atomic E-state index is 11.9. The molecule has 9 heteroatoms. The zero-order valence-corrected chi connectivity index (χ0v) is 16.8. The van der Waals surface area contributed by atoms with Gasteiger partial charge in [-0.3, -0.25) is 4.79 Å². The van der Waals surface area contributed by atoms with Crippen molar-refractivity contribution < 1.29 is 9.32 Å². The van der Waals surface area contributed by atoms with Crippen LogP contribution in [0.1, 0.15) is 41.8 Å². The topological polar surface area (TPSA) is 145 Å². The van der Waals surface area contributed by atoms with Gasteiger partial charge >= 0.3 is 0 Å². The van der Waals surface area contributed by atoms with Crippen LogP contribution in [0.5, 0.6) is 0 Å². The van der Waals surface area contributed by atoms with E-state index in [4.69, 9.17) is 16.0 Å². The van der Waals surface area contributed by atoms with E-state index in [0.717, 1.165) is 48.4 Å². The van der Waals surface area contributed by atoms with E-state index < -0.39 is 5.91 Å². The molecular formula is C21H25N7O2. The third kappa shape index (κ3) is 4.41. The fourth-order valence-corrected chi connectivity index (χ4v) is 3.63. The minimum atomic E-state index is -0.610. The van der Waals surface area contributed by atoms with Crippen LogP contribution >= 0.6 is 0 Å². The van der Waals surface area contributed by atoms with Crippen LogP contribution in [-0.4, -0.2) is 33.1 Å². The van der Waals surface area contributed by atoms with Gasteiger partial charge in [0.05, 0.1) is 0 Å². The lowest BCUT2D eigenvalue weighted by molar-refractivity contribution is 0.100. The molecule has 0 spiro atoms. The second kappa shape index (κ2) is 8.50. The van der Waals surface area contributed by atoms with Gasteiger partial charge in [-0.15, -0.1) is 0 Å². The quantitative estimate of drug-likeness (QED) is 0.488. The maximum absolute atomic E-state index is 11.9. The number of amides is 1. The molecule has 4 rings (SSSR count). The molecule has 1 aliphatic rings. The average molecular weight is 407 g/mol. The molecule has 156 valence electrons. The first-order chi connectivity index (χ1) is 14.5. The number of hydrogen-bond donors (Lipinski definition) is 4. The summed E-state index contributed by atoms with van der Waals surface area (Å²) in [6.07, 6.45) is 5.61. The normalized spacial score (nSPS) is 18.7. The van der Waals surface area contributed by atoms with E-state index >= 15 is 0 Å². The van der Waals surface area contributed by atoms with Crippen LogP contribution in [0.3, 0.4) is 0 Å². The first kappa shape index (κ1) is 19.8. The van der Waals surface area contributed by atoms with Crippen LogP contribution in [0.2, 0.25) is 0 Å². The Kier molecular flexibility index (Phi) is 5.62. The Morgan fingerprint density at radius 2 is 2.07 bits per heavy atom. The number of nitrogens with zero attached hydrogens (tertiary/aromatic N) is 3. The summed E-state index contributed by atoms with van der Waals surface area (Å²) in [5.74, 6) is 0.861. The van der Waals surface area contributed by atoms with Crippen LogP contribution in [0, 0.1) is 6.92 Å². The van der Waals surface area contributed by atoms with Crippen molar-refractivity contribution in [2.75, 3.05) is 10.6 Å². The van der Waals surface area contributed by atoms with Gasteiger partial charge in [-0.05, 0) is 31.9 Å². The lowest BCUT2D eigenvalue weighted by atomic mass is 9.91. The molecule has 1 fully saturated rings. The average Bonchev–Trinajstić information content (AvgIpc) is 3.16. The van der Waals surface area contributed by atoms with Crippen molar-refractivity contribution in [1.82, 2.24) is 15.1 Å². The highest BCUT2D eigenvalue weighted by Gasteiger charge is 2.23. The third-order valence-corrected chi connectivity index (χ3v) is 5.24. The third-order valence-electron chi connectivity index (χ3n) is 5.24. The molecule has 2 aromatic heterocycles. The summed E-state index contributed by atoms with van der Waals surface area (Å²) in [6, 6.07) is 9.58. The number of nitrogens with one attached hydrogen (secondary N) is 2. The van der Waals surface area contributed by atoms with Crippen LogP contribution in [0.15, 0.2) is 41.1 Å². The Bertz CT molecular complexity index is 1050. The fourth-order valence-electron chi connectivity index (χ4n) is 3.63. The zero-order valence-electron chi connectivity index (χ0n) is 16.8. The number of anilines is 3. The van der Waals surface area contributed by atoms with Crippen molar-refractivity contribution in [2.45, 2.75) is 44.7 Å². The Morgan fingerprint density at radius 3 is 2.80 bits per heavy atom. The number of hydrogen-bond acceptors (Lipinski definition) is 8. The van der Waals surface area contributed by atoms with E-state index in [1.165, 1.54) is 6.20 Å². The van der Waals surface area contributed by atoms with Gasteiger partial charge in [0.1, 0.15) is 22.8 Å². The smallest absolute Gasteiger partial charge is 0.254 e. The van der Waals surface area contributed by atoms with Crippen molar-refractivity contribution in [2.24, 2.45) is 11.5 Å². The van der Waals surface area contributed by atoms with Gasteiger partial charge in [0, 0.05) is 35.6 Å². The molecule has 0 bridgehead atoms. The second-order valence-electron chi connectivity index (χ2n) is 7.55. The van der Waals surface area contributed by atoms with Crippen molar-refractivity contribution in [3.63, 3.8) is 0 Å². The Balaban J connectivity index is 1.60. The molecule has 30 heavy (non-hydrogen) atoms. The first-order valence-electron chi connectivity index (χ1n) is 9.99. The second-order valence-corrected chi connectivity index (χ2v) is 7.55. The standard InChI is InChI=1S/C21H25N7O2/c1-12-9-18(28-30-12)13-5-4-6-14(10-13)25-20-15(19(23)29)11-24-21(27-20)26-17-8-3-2-7-16(17)22/h4-6,9-11,16-17H,2-3,7-8,22H2,1H3,(H2,23,29)(H2,24,25,26,27)/t16-,17+/m0/s1. The van der Waals surface area contributed by atoms with E-state index in [1.807, 2.05) is 37.3 Å². The highest BCUT2D eigenvalue weighted by Crippen LogP contribution is 2.26. The summed E-state index contributed by atoms with van der Waals surface area (Å²) in [7, 11) is 0. The first-order valence-corrected chi connectivity index (χ1v) is 9.99. The minimum absolute atomic E-state index is 0.0529. The minimum Gasteiger partial charge on any atom is -0.365 e. The van der Waals surface area contributed by atoms with Crippen LogP contribution < -0.4 is 22.1 Å². The van der Waals surface area contributed by atoms with Crippen LogP contribution in [-0.2, 0) is 0 Å². The van der Waals surface area contributed by atoms with E-state index in [9.17, 15) is 4.79 Å². The van der Waals surface area contributed by atoms with Gasteiger partial charge in [0.2, 0.25) is 5.95 Å². The maximum Gasteiger partial charge on any atom is 0.254 e. The van der Waals surface area contributed by atoms with Gasteiger partial charge < -0.3 is 26.6 Å². The summed E-state index contributed by atoms with van der Waals surface area (Å²) < 4.78 is 5.15. The molecule has 2 heterocycles. The number of carbonyl (C=O) groups excluding carboxylic acids is 1. The monoisotopic (exact) mass is 407 g/mol. The van der Waals surface area contributed by atoms with E-state index in [0.29, 0.717) is 11.8 Å². The molecule has 1 aromatic carbocycles. The molecule has 0 radical (unpaired) electrons. The Labute approximate surface area is 174 Å². The highest BCUT2D eigenvalue weighted by molar-refractivity contribution is 5.98. The molecular weight excluding hydrogens is 382 g/mol. The summed E-state index contributed by atoms with van der Waals surface area (Å²) in [5, 5.41) is 10.5. The number of rotatable bonds is 6. The Hall–Kier alpha value is -3.46. The Morgan fingerprint density at radius 1 is 1.23 bits per heavy atom. The predicted octanol–water partition coefficient (Wildman–Crippen LogP) is 2.96. The number of primary amides is 1. The number of carbonyl (C=O) groups is 1. The van der Waals surface area contributed by atoms with E-state index in [2.05, 4.69) is 25.8 Å². The lowest BCUT2D eigenvalue weighted by Gasteiger charge is -2.29. The predicted molar refractivity (Wildman–Crippen MR) is 114 cm³/mol. The molecule has 0 unspecified atom stereocenters. The molecule has 1 amide bonds. The molecule has 3 aromatic rings. The summed E-state index contributed by atoms with van der Waals surface area (Å²) in [5.41, 5.74) is 14.3. The molecule has 1 aliphatic carbocycles. The SMILES string of the molecule is Cc1cc(-c2cccc(Nc3nc(N[C@@H]4CCCC[C@@H]4N)ncc3C(N)=O)c2)no1. The molecule has 9 nitrogen and oxygen atoms in total. The summed E-state index contributed by atoms with van der Waals surface area (Å²) in [6.45, 7) is 1.84. The number of nitrogens with two attached hydrogens (primary N) is 2. The van der Waals surface area contributed by atoms with E-state index in [1.54, 1.807) is 0 Å². The van der Waals surface area contributed by atoms with Gasteiger partial charge in [-0.2, -0.15) is 4.98 Å². The van der Waals surface area contributed by atoms with Crippen molar-refractivity contribution >= 4 is 23.4 Å². The van der Waals surface area contributed by atoms with Crippen molar-refractivity contribution in [3.05, 3.63) is 47.9 Å². The summed E-state index contributed by atoms with van der Waals surface area (Å²) >= 11 is 0. The van der Waals surface area contributed by atoms with Gasteiger partial charge in [-0.25, -0.2) is 4.98 Å². The highest BCUT2D eigenvalue weighted by atomic mass is 16.5. The van der Waals surface area contributed by atoms with Crippen molar-refractivity contribution in [3.8, 4) is 11.3 Å². The van der Waals surface area contributed by atoms with Gasteiger partial charge in [0.25, 0.3) is 5.91 Å². The molecule has 0 aliphatic heterocycles. The number of aromatic nitrogens is 3. The number of benzene rings is 1. The number of aryl methyl sites for hydroxylation is 1. The largest absolute Gasteiger partial charge is 0.365 e. The van der Waals surface area contributed by atoms with Gasteiger partial charge in [-0.1, -0.05) is 30.1 Å². The summed E-state index contributed by atoms with van der Waals surface area (Å²) in [4.78, 5) is 20.7. The molecule has 2 atom stereocenters. The van der Waals surface area contributed by atoms with Gasteiger partial charge in [0.15, 0.2) is 0 Å². The molecule has 0 saturated heterocycles. The molecule has 6 N–H and O–H groups in total. The zero-order chi connectivity index (χ0) is 21.1. The van der Waals surface area contributed by atoms with Crippen molar-refractivity contribution in [1.29, 1.82) is 0 Å². The molecule has 1 saturated carbocycles. The van der Waals surface area contributed by atoms with Crippen LogP contribution in [0.4, 0.5) is 17.5 Å². The van der Waals surface area contributed by atoms with E-state index in [-0.39, 0.29) is 17.6 Å². The lowest BCUT2D eigenvalue weighted by Crippen LogP contribution is -2.43. The van der Waals surface area contributed by atoms with Crippen LogP contribution in [0.25, 0.3) is 11.3 Å².